The van der Waals surface area contributed by atoms with Crippen LogP contribution in [0.5, 0.6) is 0 Å². The minimum Gasteiger partial charge on any atom is -0.336 e. The first-order valence-electron chi connectivity index (χ1n) is 4.80. The molecule has 0 atom stereocenters. The van der Waals surface area contributed by atoms with E-state index in [1.165, 1.54) is 8.45 Å². The van der Waals surface area contributed by atoms with Gasteiger partial charge in [0.25, 0.3) is 0 Å². The van der Waals surface area contributed by atoms with E-state index in [4.69, 9.17) is 0 Å². The highest BCUT2D eigenvalue weighted by molar-refractivity contribution is 14.1. The summed E-state index contributed by atoms with van der Waals surface area (Å²) in [5.41, 5.74) is 4.12. The van der Waals surface area contributed by atoms with E-state index < -0.39 is 0 Å². The van der Waals surface area contributed by atoms with E-state index in [1.807, 2.05) is 6.07 Å². The molecule has 0 radical (unpaired) electrons. The van der Waals surface area contributed by atoms with Crippen molar-refractivity contribution in [2.45, 2.75) is 6.92 Å². The van der Waals surface area contributed by atoms with Crippen LogP contribution in [0, 0.1) is 9.81 Å². The number of imidazole rings is 1. The average Bonchev–Trinajstić information content (AvgIpc) is 2.84. The number of rotatable bonds is 1. The predicted molar refractivity (Wildman–Crippen MR) is 74.7 cm³/mol. The molecule has 0 amide bonds. The third kappa shape index (κ3) is 1.63. The summed E-state index contributed by atoms with van der Waals surface area (Å²) in [6.45, 7) is 2.06. The van der Waals surface area contributed by atoms with Crippen LogP contribution in [0.3, 0.4) is 0 Å². The van der Waals surface area contributed by atoms with Gasteiger partial charge in [0.2, 0.25) is 0 Å². The maximum atomic E-state index is 4.49. The molecule has 0 bridgehead atoms. The summed E-state index contributed by atoms with van der Waals surface area (Å²) in [5.74, 6) is 0.899. The van der Waals surface area contributed by atoms with Crippen LogP contribution in [-0.2, 0) is 0 Å². The summed E-state index contributed by atoms with van der Waals surface area (Å²) in [5, 5.41) is 2.11. The quantitative estimate of drug-likeness (QED) is 0.687. The third-order valence-corrected chi connectivity index (χ3v) is 4.23. The largest absolute Gasteiger partial charge is 0.336 e. The lowest BCUT2D eigenvalue weighted by Crippen LogP contribution is -1.78. The van der Waals surface area contributed by atoms with Crippen LogP contribution in [0.1, 0.15) is 5.56 Å². The summed E-state index contributed by atoms with van der Waals surface area (Å²) < 4.78 is 1.26. The Labute approximate surface area is 110 Å². The summed E-state index contributed by atoms with van der Waals surface area (Å²) in [7, 11) is 0. The van der Waals surface area contributed by atoms with Crippen molar-refractivity contribution in [3.8, 4) is 11.4 Å². The number of hydrogen-bond acceptors (Lipinski definition) is 3. The van der Waals surface area contributed by atoms with Crippen molar-refractivity contribution >= 4 is 45.1 Å². The van der Waals surface area contributed by atoms with Crippen LogP contribution in [0.4, 0.5) is 0 Å². The fourth-order valence-corrected chi connectivity index (χ4v) is 2.94. The Morgan fingerprint density at radius 2 is 2.31 bits per heavy atom. The molecular weight excluding hydrogens is 333 g/mol. The van der Waals surface area contributed by atoms with Crippen molar-refractivity contribution in [1.82, 2.24) is 15.0 Å². The van der Waals surface area contributed by atoms with E-state index in [9.17, 15) is 0 Å². The number of halogens is 1. The van der Waals surface area contributed by atoms with Crippen LogP contribution in [-0.4, -0.2) is 15.0 Å². The molecule has 0 aliphatic heterocycles. The third-order valence-electron chi connectivity index (χ3n) is 2.44. The molecular formula is C11H8IN3S. The zero-order valence-corrected chi connectivity index (χ0v) is 11.5. The van der Waals surface area contributed by atoms with Crippen molar-refractivity contribution in [2.75, 3.05) is 0 Å². The first-order valence-corrected chi connectivity index (χ1v) is 6.75. The fourth-order valence-electron chi connectivity index (χ4n) is 1.61. The average molecular weight is 341 g/mol. The summed E-state index contributed by atoms with van der Waals surface area (Å²) >= 11 is 4.03. The molecule has 3 rings (SSSR count). The van der Waals surface area contributed by atoms with Gasteiger partial charge in [-0.1, -0.05) is 0 Å². The van der Waals surface area contributed by atoms with Crippen LogP contribution in [0.2, 0.25) is 0 Å². The van der Waals surface area contributed by atoms with Crippen molar-refractivity contribution < 1.29 is 0 Å². The van der Waals surface area contributed by atoms with Gasteiger partial charge in [-0.15, -0.1) is 11.3 Å². The first-order chi connectivity index (χ1) is 7.74. The Morgan fingerprint density at radius 1 is 1.44 bits per heavy atom. The minimum absolute atomic E-state index is 0.788. The van der Waals surface area contributed by atoms with Crippen molar-refractivity contribution in [3.63, 3.8) is 0 Å². The Hall–Kier alpha value is -0.950. The van der Waals surface area contributed by atoms with E-state index in [1.54, 1.807) is 17.5 Å². The molecule has 0 fully saturated rings. The van der Waals surface area contributed by atoms with Crippen molar-refractivity contribution in [3.05, 3.63) is 32.2 Å². The predicted octanol–water partition coefficient (Wildman–Crippen LogP) is 3.60. The van der Waals surface area contributed by atoms with Gasteiger partial charge in [0, 0.05) is 17.1 Å². The molecule has 0 aliphatic carbocycles. The number of nitrogens with one attached hydrogen (secondary N) is 1. The first kappa shape index (κ1) is 10.2. The van der Waals surface area contributed by atoms with Gasteiger partial charge in [0.15, 0.2) is 5.65 Å². The van der Waals surface area contributed by atoms with Gasteiger partial charge in [-0.2, -0.15) is 0 Å². The van der Waals surface area contributed by atoms with Crippen LogP contribution < -0.4 is 0 Å². The Kier molecular flexibility index (Phi) is 2.44. The molecule has 80 valence electrons. The highest BCUT2D eigenvalue weighted by Gasteiger charge is 2.08. The summed E-state index contributed by atoms with van der Waals surface area (Å²) in [6.07, 6.45) is 1.79. The summed E-state index contributed by atoms with van der Waals surface area (Å²) in [6, 6.07) is 4.11. The topological polar surface area (TPSA) is 41.6 Å². The van der Waals surface area contributed by atoms with Crippen LogP contribution in [0.25, 0.3) is 22.6 Å². The lowest BCUT2D eigenvalue weighted by atomic mass is 10.3. The van der Waals surface area contributed by atoms with Gasteiger partial charge in [-0.05, 0) is 47.2 Å². The van der Waals surface area contributed by atoms with Crippen LogP contribution >= 0.6 is 33.9 Å². The molecule has 1 N–H and O–H groups in total. The SMILES string of the molecule is Cc1ccnc2nc(-c3csc(I)c3)[nH]c12. The van der Waals surface area contributed by atoms with E-state index >= 15 is 0 Å². The number of H-pyrrole nitrogens is 1. The number of pyridine rings is 1. The van der Waals surface area contributed by atoms with Gasteiger partial charge >= 0.3 is 0 Å². The number of thiophene rings is 1. The molecule has 0 aromatic carbocycles. The molecule has 0 unspecified atom stereocenters. The zero-order valence-electron chi connectivity index (χ0n) is 8.49. The number of aromatic amines is 1. The molecule has 0 spiro atoms. The molecule has 3 aromatic heterocycles. The molecule has 16 heavy (non-hydrogen) atoms. The van der Waals surface area contributed by atoms with Gasteiger partial charge in [-0.3, -0.25) is 0 Å². The molecule has 0 aliphatic rings. The van der Waals surface area contributed by atoms with Gasteiger partial charge in [0.05, 0.1) is 8.40 Å². The van der Waals surface area contributed by atoms with E-state index in [-0.39, 0.29) is 0 Å². The fraction of sp³-hybridized carbons (Fsp3) is 0.0909. The smallest absolute Gasteiger partial charge is 0.178 e. The van der Waals surface area contributed by atoms with Crippen molar-refractivity contribution in [1.29, 1.82) is 0 Å². The molecule has 3 aromatic rings. The molecule has 0 saturated carbocycles. The minimum atomic E-state index is 0.788. The van der Waals surface area contributed by atoms with Gasteiger partial charge in [-0.25, -0.2) is 9.97 Å². The zero-order chi connectivity index (χ0) is 11.1. The van der Waals surface area contributed by atoms with Crippen molar-refractivity contribution in [2.24, 2.45) is 0 Å². The lowest BCUT2D eigenvalue weighted by molar-refractivity contribution is 1.30. The van der Waals surface area contributed by atoms with E-state index in [0.717, 1.165) is 22.6 Å². The highest BCUT2D eigenvalue weighted by atomic mass is 127. The second-order valence-corrected chi connectivity index (χ2v) is 6.36. The number of nitrogens with zero attached hydrogens (tertiary/aromatic N) is 2. The van der Waals surface area contributed by atoms with Gasteiger partial charge in [0.1, 0.15) is 5.82 Å². The second-order valence-electron chi connectivity index (χ2n) is 3.55. The molecule has 3 heterocycles. The Balaban J connectivity index is 2.22. The normalized spacial score (nSPS) is 11.1. The van der Waals surface area contributed by atoms with E-state index in [0.29, 0.717) is 0 Å². The monoisotopic (exact) mass is 341 g/mol. The second kappa shape index (κ2) is 3.81. The Morgan fingerprint density at radius 3 is 3.00 bits per heavy atom. The summed E-state index contributed by atoms with van der Waals surface area (Å²) in [4.78, 5) is 12.1. The molecule has 0 saturated heterocycles. The maximum absolute atomic E-state index is 4.49. The number of fused-ring (bicyclic) bond motifs is 1. The lowest BCUT2D eigenvalue weighted by Gasteiger charge is -1.90. The van der Waals surface area contributed by atoms with Gasteiger partial charge < -0.3 is 4.98 Å². The number of aromatic nitrogens is 3. The molecule has 5 heteroatoms. The Bertz CT molecular complexity index is 656. The standard InChI is InChI=1S/C11H8IN3S/c1-6-2-3-13-11-9(6)14-10(15-11)7-4-8(12)16-5-7/h2-5H,1H3,(H,13,14,15). The van der Waals surface area contributed by atoms with Crippen LogP contribution in [0.15, 0.2) is 23.7 Å². The number of aryl methyl sites for hydroxylation is 1. The highest BCUT2D eigenvalue weighted by Crippen LogP contribution is 2.26. The molecule has 3 nitrogen and oxygen atoms in total. The number of hydrogen-bond donors (Lipinski definition) is 1. The maximum Gasteiger partial charge on any atom is 0.178 e. The van der Waals surface area contributed by atoms with E-state index in [2.05, 4.69) is 55.9 Å².